The summed E-state index contributed by atoms with van der Waals surface area (Å²) in [5.41, 5.74) is 0. The fraction of sp³-hybridized carbons (Fsp3) is 0.800. The minimum Gasteiger partial charge on any atom is -0.271 e. The summed E-state index contributed by atoms with van der Waals surface area (Å²) in [5.74, 6) is -0.511. The van der Waals surface area contributed by atoms with Gasteiger partial charge in [0.25, 0.3) is 5.91 Å². The average Bonchev–Trinajstić information content (AvgIpc) is 1.89. The standard InChI is InChI=1S/C5H10N2O3/c1-3-4-10-7(6-9)5(2)8/h3-4H2,1-2H3. The minimum absolute atomic E-state index is 0.325. The Morgan fingerprint density at radius 3 is 2.60 bits per heavy atom. The topological polar surface area (TPSA) is 59.0 Å². The van der Waals surface area contributed by atoms with Crippen LogP contribution in [0.4, 0.5) is 0 Å². The first-order valence-corrected chi connectivity index (χ1v) is 2.99. The van der Waals surface area contributed by atoms with E-state index in [1.807, 2.05) is 6.92 Å². The fourth-order valence-electron chi connectivity index (χ4n) is 0.350. The summed E-state index contributed by atoms with van der Waals surface area (Å²) in [4.78, 5) is 24.8. The number of hydroxylamine groups is 1. The largest absolute Gasteiger partial charge is 0.271 e. The van der Waals surface area contributed by atoms with E-state index in [9.17, 15) is 9.70 Å². The van der Waals surface area contributed by atoms with Gasteiger partial charge in [-0.25, -0.2) is 4.84 Å². The first-order valence-electron chi connectivity index (χ1n) is 2.99. The molecule has 0 fully saturated rings. The van der Waals surface area contributed by atoms with Crippen molar-refractivity contribution in [1.82, 2.24) is 5.17 Å². The molecule has 0 aromatic carbocycles. The van der Waals surface area contributed by atoms with Crippen LogP contribution in [-0.4, -0.2) is 17.7 Å². The molecule has 5 heteroatoms. The van der Waals surface area contributed by atoms with Crippen LogP contribution in [0.5, 0.6) is 0 Å². The summed E-state index contributed by atoms with van der Waals surface area (Å²) >= 11 is 0. The quantitative estimate of drug-likeness (QED) is 0.436. The fourth-order valence-corrected chi connectivity index (χ4v) is 0.350. The Morgan fingerprint density at radius 1 is 1.70 bits per heavy atom. The van der Waals surface area contributed by atoms with E-state index in [0.29, 0.717) is 11.8 Å². The molecule has 0 aliphatic rings. The van der Waals surface area contributed by atoms with Gasteiger partial charge in [0.1, 0.15) is 0 Å². The summed E-state index contributed by atoms with van der Waals surface area (Å²) in [6.45, 7) is 3.39. The van der Waals surface area contributed by atoms with Crippen molar-refractivity contribution in [3.63, 3.8) is 0 Å². The molecule has 0 saturated carbocycles. The van der Waals surface area contributed by atoms with Crippen molar-refractivity contribution < 1.29 is 9.63 Å². The summed E-state index contributed by atoms with van der Waals surface area (Å²) in [6, 6.07) is 0. The van der Waals surface area contributed by atoms with Crippen LogP contribution >= 0.6 is 0 Å². The molecule has 58 valence electrons. The van der Waals surface area contributed by atoms with E-state index in [2.05, 4.69) is 10.1 Å². The molecule has 0 atom stereocenters. The first kappa shape index (κ1) is 9.03. The molecule has 0 heterocycles. The van der Waals surface area contributed by atoms with E-state index < -0.39 is 5.91 Å². The number of carbonyl (C=O) groups is 1. The molecule has 0 aromatic heterocycles. The van der Waals surface area contributed by atoms with Gasteiger partial charge in [0.15, 0.2) is 0 Å². The second-order valence-corrected chi connectivity index (χ2v) is 1.71. The third-order valence-corrected chi connectivity index (χ3v) is 0.761. The highest BCUT2D eigenvalue weighted by Gasteiger charge is 2.07. The van der Waals surface area contributed by atoms with Crippen LogP contribution in [0.3, 0.4) is 0 Å². The molecule has 0 bridgehead atoms. The van der Waals surface area contributed by atoms with Gasteiger partial charge in [0.05, 0.1) is 11.9 Å². The lowest BCUT2D eigenvalue weighted by Gasteiger charge is -2.07. The molecular formula is C5H10N2O3. The highest BCUT2D eigenvalue weighted by Crippen LogP contribution is 1.92. The maximum absolute atomic E-state index is 10.4. The minimum atomic E-state index is -0.511. The molecule has 0 rings (SSSR count). The molecule has 5 nitrogen and oxygen atoms in total. The van der Waals surface area contributed by atoms with E-state index >= 15 is 0 Å². The summed E-state index contributed by atoms with van der Waals surface area (Å²) in [7, 11) is 0. The zero-order valence-corrected chi connectivity index (χ0v) is 6.03. The number of nitrogens with zero attached hydrogens (tertiary/aromatic N) is 2. The van der Waals surface area contributed by atoms with Crippen molar-refractivity contribution >= 4 is 5.91 Å². The number of hydrogen-bond donors (Lipinski definition) is 0. The van der Waals surface area contributed by atoms with Crippen molar-refractivity contribution in [1.29, 1.82) is 0 Å². The van der Waals surface area contributed by atoms with Crippen molar-refractivity contribution in [2.24, 2.45) is 5.29 Å². The van der Waals surface area contributed by atoms with E-state index in [1.165, 1.54) is 6.92 Å². The predicted octanol–water partition coefficient (Wildman–Crippen LogP) is 0.858. The Bertz CT molecular complexity index is 126. The van der Waals surface area contributed by atoms with Crippen LogP contribution in [0, 0.1) is 4.91 Å². The van der Waals surface area contributed by atoms with Gasteiger partial charge < -0.3 is 0 Å². The Morgan fingerprint density at radius 2 is 2.30 bits per heavy atom. The van der Waals surface area contributed by atoms with Gasteiger partial charge in [-0.05, 0) is 6.42 Å². The second-order valence-electron chi connectivity index (χ2n) is 1.71. The monoisotopic (exact) mass is 146 g/mol. The van der Waals surface area contributed by atoms with Crippen LogP contribution in [0.2, 0.25) is 0 Å². The summed E-state index contributed by atoms with van der Waals surface area (Å²) < 4.78 is 0. The Hall–Kier alpha value is -0.970. The van der Waals surface area contributed by atoms with Gasteiger partial charge in [0, 0.05) is 6.92 Å². The summed E-state index contributed by atoms with van der Waals surface area (Å²) in [5, 5.41) is 2.77. The molecule has 0 aliphatic carbocycles. The Balaban J connectivity index is 3.60. The van der Waals surface area contributed by atoms with Crippen LogP contribution < -0.4 is 0 Å². The lowest BCUT2D eigenvalue weighted by molar-refractivity contribution is -0.185. The normalized spacial score (nSPS) is 9.00. The van der Waals surface area contributed by atoms with Crippen LogP contribution in [0.15, 0.2) is 5.29 Å². The molecule has 0 unspecified atom stereocenters. The van der Waals surface area contributed by atoms with Gasteiger partial charge in [0.2, 0.25) is 0 Å². The molecular weight excluding hydrogens is 136 g/mol. The predicted molar refractivity (Wildman–Crippen MR) is 34.6 cm³/mol. The highest BCUT2D eigenvalue weighted by molar-refractivity contribution is 5.71. The van der Waals surface area contributed by atoms with Crippen molar-refractivity contribution in [2.45, 2.75) is 20.3 Å². The zero-order valence-electron chi connectivity index (χ0n) is 6.03. The molecule has 0 radical (unpaired) electrons. The number of carbonyl (C=O) groups excluding carboxylic acids is 1. The van der Waals surface area contributed by atoms with E-state index in [0.717, 1.165) is 6.42 Å². The van der Waals surface area contributed by atoms with E-state index in [4.69, 9.17) is 0 Å². The van der Waals surface area contributed by atoms with Crippen molar-refractivity contribution in [3.05, 3.63) is 4.91 Å². The van der Waals surface area contributed by atoms with Crippen LogP contribution in [0.25, 0.3) is 0 Å². The van der Waals surface area contributed by atoms with E-state index in [-0.39, 0.29) is 0 Å². The number of amides is 1. The van der Waals surface area contributed by atoms with Crippen LogP contribution in [-0.2, 0) is 9.63 Å². The molecule has 0 saturated heterocycles. The third kappa shape index (κ3) is 3.13. The lowest BCUT2D eigenvalue weighted by atomic mass is 10.5. The highest BCUT2D eigenvalue weighted by atomic mass is 16.7. The smallest absolute Gasteiger partial charge is 0.269 e. The average molecular weight is 146 g/mol. The maximum atomic E-state index is 10.4. The summed E-state index contributed by atoms with van der Waals surface area (Å²) in [6.07, 6.45) is 0.735. The van der Waals surface area contributed by atoms with E-state index in [1.54, 1.807) is 0 Å². The number of rotatable bonds is 4. The number of hydrogen-bond acceptors (Lipinski definition) is 4. The van der Waals surface area contributed by atoms with Gasteiger partial charge >= 0.3 is 0 Å². The number of nitroso groups, excluding NO2 is 1. The van der Waals surface area contributed by atoms with Gasteiger partial charge in [-0.15, -0.1) is 4.91 Å². The maximum Gasteiger partial charge on any atom is 0.269 e. The Kier molecular flexibility index (Phi) is 4.39. The second kappa shape index (κ2) is 4.87. The molecule has 0 aliphatic heterocycles. The molecule has 1 amide bonds. The van der Waals surface area contributed by atoms with Gasteiger partial charge in [-0.2, -0.15) is 0 Å². The Labute approximate surface area is 58.9 Å². The zero-order chi connectivity index (χ0) is 7.98. The van der Waals surface area contributed by atoms with Crippen molar-refractivity contribution in [2.75, 3.05) is 6.61 Å². The van der Waals surface area contributed by atoms with Crippen molar-refractivity contribution in [3.8, 4) is 0 Å². The lowest BCUT2D eigenvalue weighted by Crippen LogP contribution is -2.22. The molecule has 0 spiro atoms. The SMILES string of the molecule is CCCON(N=O)C(C)=O. The molecule has 10 heavy (non-hydrogen) atoms. The molecule has 0 aromatic rings. The first-order chi connectivity index (χ1) is 4.72. The van der Waals surface area contributed by atoms with Crippen LogP contribution in [0.1, 0.15) is 20.3 Å². The van der Waals surface area contributed by atoms with Gasteiger partial charge in [-0.1, -0.05) is 12.1 Å². The molecule has 0 N–H and O–H groups in total. The third-order valence-electron chi connectivity index (χ3n) is 0.761. The van der Waals surface area contributed by atoms with Gasteiger partial charge in [-0.3, -0.25) is 4.79 Å².